The number of aromatic nitrogens is 3. The van der Waals surface area contributed by atoms with Crippen molar-refractivity contribution in [3.8, 4) is 23.1 Å². The molecule has 0 saturated carbocycles. The third kappa shape index (κ3) is 4.27. The molecule has 0 amide bonds. The fourth-order valence-corrected chi connectivity index (χ4v) is 2.89. The highest BCUT2D eigenvalue weighted by Crippen LogP contribution is 2.28. The van der Waals surface area contributed by atoms with Gasteiger partial charge in [0.05, 0.1) is 19.6 Å². The number of hydrogen-bond acceptors (Lipinski definition) is 6. The van der Waals surface area contributed by atoms with Crippen LogP contribution < -0.4 is 9.47 Å². The molecule has 0 radical (unpaired) electrons. The molecule has 0 aliphatic carbocycles. The van der Waals surface area contributed by atoms with E-state index in [1.165, 1.54) is 4.68 Å². The predicted molar refractivity (Wildman–Crippen MR) is 112 cm³/mol. The van der Waals surface area contributed by atoms with Crippen LogP contribution in [0.4, 0.5) is 0 Å². The lowest BCUT2D eigenvalue weighted by Gasteiger charge is -2.11. The standard InChI is InChI=1S/C21H18N4O3S/c1-26-19-12-16(9-10-17(19)28-14-15-6-3-2-4-7-15)13-22-25-20(23-24-21(25)29)18-8-5-11-27-18/h2-13H,14H2,1H3,(H,24,29). The van der Waals surface area contributed by atoms with Crippen LogP contribution >= 0.6 is 12.2 Å². The first kappa shape index (κ1) is 18.7. The molecule has 0 bridgehead atoms. The molecule has 2 heterocycles. The van der Waals surface area contributed by atoms with Gasteiger partial charge in [0.15, 0.2) is 17.3 Å². The van der Waals surface area contributed by atoms with E-state index >= 15 is 0 Å². The summed E-state index contributed by atoms with van der Waals surface area (Å²) in [6.07, 6.45) is 3.24. The van der Waals surface area contributed by atoms with Crippen LogP contribution in [0.5, 0.6) is 11.5 Å². The molecule has 2 aromatic heterocycles. The van der Waals surface area contributed by atoms with Gasteiger partial charge in [-0.15, -0.1) is 5.10 Å². The number of aromatic amines is 1. The van der Waals surface area contributed by atoms with Gasteiger partial charge in [-0.2, -0.15) is 9.78 Å². The lowest BCUT2D eigenvalue weighted by atomic mass is 10.2. The Hall–Kier alpha value is -3.65. The summed E-state index contributed by atoms with van der Waals surface area (Å²) in [5.41, 5.74) is 1.90. The topological polar surface area (TPSA) is 77.6 Å². The summed E-state index contributed by atoms with van der Waals surface area (Å²) in [6.45, 7) is 0.460. The number of rotatable bonds is 7. The van der Waals surface area contributed by atoms with E-state index in [4.69, 9.17) is 26.1 Å². The Bertz CT molecular complexity index is 1160. The van der Waals surface area contributed by atoms with E-state index in [2.05, 4.69) is 15.3 Å². The maximum Gasteiger partial charge on any atom is 0.219 e. The van der Waals surface area contributed by atoms with E-state index in [0.717, 1.165) is 11.1 Å². The largest absolute Gasteiger partial charge is 0.493 e. The molecule has 0 fully saturated rings. The molecule has 7 nitrogen and oxygen atoms in total. The van der Waals surface area contributed by atoms with Crippen molar-refractivity contribution in [3.63, 3.8) is 0 Å². The molecule has 8 heteroatoms. The molecule has 29 heavy (non-hydrogen) atoms. The number of furan rings is 1. The number of methoxy groups -OCH3 is 1. The maximum atomic E-state index is 5.89. The molecule has 0 aliphatic rings. The summed E-state index contributed by atoms with van der Waals surface area (Å²) in [5.74, 6) is 2.33. The summed E-state index contributed by atoms with van der Waals surface area (Å²) in [5, 5.41) is 11.3. The minimum Gasteiger partial charge on any atom is -0.493 e. The summed E-state index contributed by atoms with van der Waals surface area (Å²) in [4.78, 5) is 0. The third-order valence-corrected chi connectivity index (χ3v) is 4.40. The van der Waals surface area contributed by atoms with Crippen molar-refractivity contribution in [3.05, 3.63) is 82.8 Å². The van der Waals surface area contributed by atoms with Gasteiger partial charge in [0.25, 0.3) is 0 Å². The second-order valence-corrected chi connectivity index (χ2v) is 6.46. The Kier molecular flexibility index (Phi) is 5.53. The van der Waals surface area contributed by atoms with E-state index in [1.54, 1.807) is 31.7 Å². The first-order chi connectivity index (χ1) is 14.2. The van der Waals surface area contributed by atoms with Crippen molar-refractivity contribution in [1.29, 1.82) is 0 Å². The first-order valence-electron chi connectivity index (χ1n) is 8.85. The number of hydrogen-bond donors (Lipinski definition) is 1. The summed E-state index contributed by atoms with van der Waals surface area (Å²) < 4.78 is 18.6. The van der Waals surface area contributed by atoms with E-state index in [-0.39, 0.29) is 0 Å². The number of ether oxygens (including phenoxy) is 2. The summed E-state index contributed by atoms with van der Waals surface area (Å²) in [7, 11) is 1.60. The molecule has 0 saturated heterocycles. The molecule has 0 unspecified atom stereocenters. The van der Waals surface area contributed by atoms with E-state index in [9.17, 15) is 0 Å². The lowest BCUT2D eigenvalue weighted by Crippen LogP contribution is -1.99. The van der Waals surface area contributed by atoms with Gasteiger partial charge in [0.2, 0.25) is 10.6 Å². The van der Waals surface area contributed by atoms with E-state index < -0.39 is 0 Å². The molecular formula is C21H18N4O3S. The van der Waals surface area contributed by atoms with Gasteiger partial charge in [-0.1, -0.05) is 30.3 Å². The number of benzene rings is 2. The van der Waals surface area contributed by atoms with Gasteiger partial charge in [0, 0.05) is 0 Å². The van der Waals surface area contributed by atoms with Crippen LogP contribution in [-0.4, -0.2) is 28.2 Å². The summed E-state index contributed by atoms with van der Waals surface area (Å²) in [6, 6.07) is 19.1. The fourth-order valence-electron chi connectivity index (χ4n) is 2.71. The van der Waals surface area contributed by atoms with Gasteiger partial charge in [-0.25, -0.2) is 5.10 Å². The summed E-state index contributed by atoms with van der Waals surface area (Å²) >= 11 is 5.26. The van der Waals surface area contributed by atoms with Crippen LogP contribution in [0, 0.1) is 4.77 Å². The minimum absolute atomic E-state index is 0.363. The number of nitrogens with one attached hydrogen (secondary N) is 1. The normalized spacial score (nSPS) is 11.1. The zero-order valence-corrected chi connectivity index (χ0v) is 16.4. The minimum atomic E-state index is 0.363. The molecular weight excluding hydrogens is 388 g/mol. The van der Waals surface area contributed by atoms with Crippen molar-refractivity contribution < 1.29 is 13.9 Å². The van der Waals surface area contributed by atoms with Gasteiger partial charge in [0.1, 0.15) is 6.61 Å². The van der Waals surface area contributed by atoms with Crippen molar-refractivity contribution in [2.45, 2.75) is 6.61 Å². The number of H-pyrrole nitrogens is 1. The van der Waals surface area contributed by atoms with Crippen LogP contribution in [0.15, 0.2) is 76.4 Å². The van der Waals surface area contributed by atoms with Gasteiger partial charge < -0.3 is 13.9 Å². The Labute approximate surface area is 172 Å². The van der Waals surface area contributed by atoms with Gasteiger partial charge >= 0.3 is 0 Å². The lowest BCUT2D eigenvalue weighted by molar-refractivity contribution is 0.284. The molecule has 0 spiro atoms. The van der Waals surface area contributed by atoms with Crippen LogP contribution in [-0.2, 0) is 6.61 Å². The Morgan fingerprint density at radius 1 is 1.14 bits per heavy atom. The van der Waals surface area contributed by atoms with Gasteiger partial charge in [-0.3, -0.25) is 0 Å². The van der Waals surface area contributed by atoms with Crippen LogP contribution in [0.3, 0.4) is 0 Å². The van der Waals surface area contributed by atoms with Crippen LogP contribution in [0.25, 0.3) is 11.6 Å². The second-order valence-electron chi connectivity index (χ2n) is 6.07. The molecule has 2 aromatic carbocycles. The van der Waals surface area contributed by atoms with Crippen LogP contribution in [0.1, 0.15) is 11.1 Å². The third-order valence-electron chi connectivity index (χ3n) is 4.14. The fraction of sp³-hybridized carbons (Fsp3) is 0.0952. The van der Waals surface area contributed by atoms with Crippen molar-refractivity contribution in [2.75, 3.05) is 7.11 Å². The first-order valence-corrected chi connectivity index (χ1v) is 9.26. The average molecular weight is 406 g/mol. The monoisotopic (exact) mass is 406 g/mol. The smallest absolute Gasteiger partial charge is 0.219 e. The molecule has 1 N–H and O–H groups in total. The van der Waals surface area contributed by atoms with E-state index in [1.807, 2.05) is 48.5 Å². The average Bonchev–Trinajstić information content (AvgIpc) is 3.41. The van der Waals surface area contributed by atoms with Crippen molar-refractivity contribution in [1.82, 2.24) is 14.9 Å². The quantitative estimate of drug-likeness (QED) is 0.356. The zero-order chi connectivity index (χ0) is 20.1. The molecule has 4 rings (SSSR count). The van der Waals surface area contributed by atoms with Crippen molar-refractivity contribution in [2.24, 2.45) is 5.10 Å². The molecule has 4 aromatic rings. The Balaban J connectivity index is 1.54. The molecule has 146 valence electrons. The number of nitrogens with zero attached hydrogens (tertiary/aromatic N) is 3. The predicted octanol–water partition coefficient (Wildman–Crippen LogP) is 4.67. The Morgan fingerprint density at radius 2 is 2.00 bits per heavy atom. The highest BCUT2D eigenvalue weighted by atomic mass is 32.1. The highest BCUT2D eigenvalue weighted by Gasteiger charge is 2.11. The molecule has 0 atom stereocenters. The van der Waals surface area contributed by atoms with E-state index in [0.29, 0.717) is 34.5 Å². The second kappa shape index (κ2) is 8.57. The molecule has 0 aliphatic heterocycles. The Morgan fingerprint density at radius 3 is 2.76 bits per heavy atom. The highest BCUT2D eigenvalue weighted by molar-refractivity contribution is 7.71. The van der Waals surface area contributed by atoms with Crippen molar-refractivity contribution >= 4 is 18.4 Å². The van der Waals surface area contributed by atoms with Crippen LogP contribution in [0.2, 0.25) is 0 Å². The maximum absolute atomic E-state index is 5.89. The van der Waals surface area contributed by atoms with Gasteiger partial charge in [-0.05, 0) is 53.7 Å². The zero-order valence-electron chi connectivity index (χ0n) is 15.6. The SMILES string of the molecule is COc1cc(C=Nn2c(-c3ccco3)n[nH]c2=S)ccc1OCc1ccccc1.